The van der Waals surface area contributed by atoms with Gasteiger partial charge in [-0.2, -0.15) is 0 Å². The summed E-state index contributed by atoms with van der Waals surface area (Å²) < 4.78 is 0. The Bertz CT molecular complexity index is 546. The van der Waals surface area contributed by atoms with E-state index in [0.717, 1.165) is 44.7 Å². The van der Waals surface area contributed by atoms with Crippen LogP contribution in [-0.4, -0.2) is 48.9 Å². The van der Waals surface area contributed by atoms with Gasteiger partial charge in [0.25, 0.3) is 0 Å². The zero-order chi connectivity index (χ0) is 15.5. The van der Waals surface area contributed by atoms with Gasteiger partial charge in [0.1, 0.15) is 0 Å². The monoisotopic (exact) mass is 301 g/mol. The van der Waals surface area contributed by atoms with Crippen LogP contribution in [0.1, 0.15) is 19.8 Å². The third kappa shape index (κ3) is 3.14. The van der Waals surface area contributed by atoms with Crippen molar-refractivity contribution in [1.29, 1.82) is 0 Å². The van der Waals surface area contributed by atoms with E-state index < -0.39 is 0 Å². The molecule has 0 aromatic heterocycles. The summed E-state index contributed by atoms with van der Waals surface area (Å²) in [5, 5.41) is 2.88. The Kier molecular flexibility index (Phi) is 4.43. The van der Waals surface area contributed by atoms with E-state index in [2.05, 4.69) is 10.2 Å². The summed E-state index contributed by atoms with van der Waals surface area (Å²) in [5.74, 6) is 0.694. The van der Waals surface area contributed by atoms with Crippen molar-refractivity contribution in [3.8, 4) is 0 Å². The zero-order valence-corrected chi connectivity index (χ0v) is 13.0. The van der Waals surface area contributed by atoms with Crippen molar-refractivity contribution in [2.75, 3.05) is 31.1 Å². The zero-order valence-electron chi connectivity index (χ0n) is 13.0. The Hall–Kier alpha value is -1.88. The number of carbonyl (C=O) groups is 2. The van der Waals surface area contributed by atoms with Crippen LogP contribution >= 0.6 is 0 Å². The first-order valence-electron chi connectivity index (χ1n) is 8.00. The van der Waals surface area contributed by atoms with Crippen molar-refractivity contribution in [2.24, 2.45) is 5.92 Å². The van der Waals surface area contributed by atoms with Crippen LogP contribution in [0.2, 0.25) is 0 Å². The standard InChI is InChI=1S/C17H23N3O2/c1-13(21)18-11-14-7-9-19(12-14)16-8-10-20(17(16)22)15-5-3-2-4-6-15/h2-6,14,16H,7-12H2,1H3,(H,18,21)/t14-,16+/m1/s1. The van der Waals surface area contributed by atoms with Crippen molar-refractivity contribution >= 4 is 17.5 Å². The molecule has 2 aliphatic heterocycles. The van der Waals surface area contributed by atoms with Gasteiger partial charge in [-0.05, 0) is 37.4 Å². The molecule has 2 amide bonds. The quantitative estimate of drug-likeness (QED) is 0.910. The van der Waals surface area contributed by atoms with Crippen LogP contribution in [0.3, 0.4) is 0 Å². The van der Waals surface area contributed by atoms with Gasteiger partial charge < -0.3 is 10.2 Å². The summed E-state index contributed by atoms with van der Waals surface area (Å²) in [4.78, 5) is 27.9. The van der Waals surface area contributed by atoms with Crippen LogP contribution in [0.5, 0.6) is 0 Å². The molecule has 22 heavy (non-hydrogen) atoms. The van der Waals surface area contributed by atoms with E-state index in [4.69, 9.17) is 0 Å². The molecule has 5 nitrogen and oxygen atoms in total. The van der Waals surface area contributed by atoms with Crippen molar-refractivity contribution in [1.82, 2.24) is 10.2 Å². The first kappa shape index (κ1) is 15.0. The fourth-order valence-corrected chi connectivity index (χ4v) is 3.47. The van der Waals surface area contributed by atoms with Crippen molar-refractivity contribution in [2.45, 2.75) is 25.8 Å². The molecule has 118 valence electrons. The predicted octanol–water partition coefficient (Wildman–Crippen LogP) is 1.25. The maximum atomic E-state index is 12.7. The number of hydrogen-bond donors (Lipinski definition) is 1. The Morgan fingerprint density at radius 3 is 2.73 bits per heavy atom. The van der Waals surface area contributed by atoms with Gasteiger partial charge in [-0.15, -0.1) is 0 Å². The highest BCUT2D eigenvalue weighted by Gasteiger charge is 2.39. The number of carbonyl (C=O) groups excluding carboxylic acids is 2. The number of rotatable bonds is 4. The number of anilines is 1. The lowest BCUT2D eigenvalue weighted by atomic mass is 10.1. The molecule has 0 aliphatic carbocycles. The molecule has 2 aliphatic rings. The maximum absolute atomic E-state index is 12.7. The van der Waals surface area contributed by atoms with Gasteiger partial charge in [0.2, 0.25) is 11.8 Å². The second-order valence-corrected chi connectivity index (χ2v) is 6.22. The minimum atomic E-state index is 0.00235. The SMILES string of the molecule is CC(=O)NC[C@H]1CCN([C@H]2CCN(c3ccccc3)C2=O)C1. The highest BCUT2D eigenvalue weighted by molar-refractivity contribution is 5.99. The second kappa shape index (κ2) is 6.48. The van der Waals surface area contributed by atoms with Crippen LogP contribution in [-0.2, 0) is 9.59 Å². The predicted molar refractivity (Wildman–Crippen MR) is 85.6 cm³/mol. The van der Waals surface area contributed by atoms with Crippen LogP contribution in [0.25, 0.3) is 0 Å². The first-order valence-corrected chi connectivity index (χ1v) is 8.00. The molecule has 2 fully saturated rings. The minimum absolute atomic E-state index is 0.00235. The Labute approximate surface area is 131 Å². The van der Waals surface area contributed by atoms with Gasteiger partial charge in [0.05, 0.1) is 6.04 Å². The van der Waals surface area contributed by atoms with Crippen LogP contribution in [0, 0.1) is 5.92 Å². The fourth-order valence-electron chi connectivity index (χ4n) is 3.47. The largest absolute Gasteiger partial charge is 0.356 e. The molecule has 0 unspecified atom stereocenters. The van der Waals surface area contributed by atoms with Crippen LogP contribution < -0.4 is 10.2 Å². The van der Waals surface area contributed by atoms with Gasteiger partial charge >= 0.3 is 0 Å². The number of likely N-dealkylation sites (tertiary alicyclic amines) is 1. The van der Waals surface area contributed by atoms with E-state index in [1.165, 1.54) is 0 Å². The number of amides is 2. The number of nitrogens with zero attached hydrogens (tertiary/aromatic N) is 2. The molecule has 3 rings (SSSR count). The third-order valence-electron chi connectivity index (χ3n) is 4.64. The maximum Gasteiger partial charge on any atom is 0.244 e. The number of hydrogen-bond acceptors (Lipinski definition) is 3. The summed E-state index contributed by atoms with van der Waals surface area (Å²) in [7, 11) is 0. The molecule has 1 aromatic carbocycles. The average Bonchev–Trinajstić information content (AvgIpc) is 3.12. The lowest BCUT2D eigenvalue weighted by molar-refractivity contribution is -0.121. The molecular formula is C17H23N3O2. The molecule has 2 atom stereocenters. The molecular weight excluding hydrogens is 278 g/mol. The van der Waals surface area contributed by atoms with Crippen molar-refractivity contribution in [3.05, 3.63) is 30.3 Å². The summed E-state index contributed by atoms with van der Waals surface area (Å²) in [5.41, 5.74) is 0.990. The third-order valence-corrected chi connectivity index (χ3v) is 4.64. The Balaban J connectivity index is 1.58. The highest BCUT2D eigenvalue weighted by Crippen LogP contribution is 2.27. The molecule has 2 saturated heterocycles. The minimum Gasteiger partial charge on any atom is -0.356 e. The number of nitrogens with one attached hydrogen (secondary N) is 1. The molecule has 5 heteroatoms. The Morgan fingerprint density at radius 1 is 1.23 bits per heavy atom. The fraction of sp³-hybridized carbons (Fsp3) is 0.529. The molecule has 0 saturated carbocycles. The lowest BCUT2D eigenvalue weighted by Gasteiger charge is -2.23. The van der Waals surface area contributed by atoms with E-state index in [9.17, 15) is 9.59 Å². The van der Waals surface area contributed by atoms with Crippen LogP contribution in [0.4, 0.5) is 5.69 Å². The smallest absolute Gasteiger partial charge is 0.244 e. The summed E-state index contributed by atoms with van der Waals surface area (Å²) in [6.45, 7) is 4.91. The van der Waals surface area contributed by atoms with Crippen molar-refractivity contribution in [3.63, 3.8) is 0 Å². The molecule has 0 radical (unpaired) electrons. The molecule has 2 heterocycles. The van der Waals surface area contributed by atoms with Gasteiger partial charge in [-0.1, -0.05) is 18.2 Å². The summed E-state index contributed by atoms with van der Waals surface area (Å²) in [6.07, 6.45) is 1.94. The van der Waals surface area contributed by atoms with Gasteiger partial charge in [-0.3, -0.25) is 14.5 Å². The number of para-hydroxylation sites is 1. The molecule has 1 N–H and O–H groups in total. The highest BCUT2D eigenvalue weighted by atomic mass is 16.2. The first-order chi connectivity index (χ1) is 10.6. The van der Waals surface area contributed by atoms with Crippen molar-refractivity contribution < 1.29 is 9.59 Å². The van der Waals surface area contributed by atoms with Gasteiger partial charge in [0, 0.05) is 32.2 Å². The van der Waals surface area contributed by atoms with E-state index in [-0.39, 0.29) is 17.9 Å². The van der Waals surface area contributed by atoms with E-state index in [1.807, 2.05) is 35.2 Å². The number of benzene rings is 1. The summed E-state index contributed by atoms with van der Waals surface area (Å²) >= 11 is 0. The van der Waals surface area contributed by atoms with Gasteiger partial charge in [-0.25, -0.2) is 0 Å². The topological polar surface area (TPSA) is 52.7 Å². The molecule has 1 aromatic rings. The normalized spacial score (nSPS) is 25.7. The van der Waals surface area contributed by atoms with E-state index in [0.29, 0.717) is 5.92 Å². The summed E-state index contributed by atoms with van der Waals surface area (Å²) in [6, 6.07) is 9.88. The van der Waals surface area contributed by atoms with Gasteiger partial charge in [0.15, 0.2) is 0 Å². The molecule has 0 spiro atoms. The lowest BCUT2D eigenvalue weighted by Crippen LogP contribution is -2.41. The average molecular weight is 301 g/mol. The second-order valence-electron chi connectivity index (χ2n) is 6.22. The van der Waals surface area contributed by atoms with E-state index >= 15 is 0 Å². The Morgan fingerprint density at radius 2 is 2.00 bits per heavy atom. The molecule has 0 bridgehead atoms. The van der Waals surface area contributed by atoms with Crippen LogP contribution in [0.15, 0.2) is 30.3 Å². The van der Waals surface area contributed by atoms with E-state index in [1.54, 1.807) is 6.92 Å².